The van der Waals surface area contributed by atoms with Crippen LogP contribution >= 0.6 is 0 Å². The van der Waals surface area contributed by atoms with Crippen LogP contribution in [-0.2, 0) is 11.3 Å². The van der Waals surface area contributed by atoms with E-state index in [9.17, 15) is 9.18 Å². The Morgan fingerprint density at radius 2 is 1.77 bits per heavy atom. The lowest BCUT2D eigenvalue weighted by molar-refractivity contribution is -0.115. The highest BCUT2D eigenvalue weighted by atomic mass is 19.1. The maximum absolute atomic E-state index is 13.5. The van der Waals surface area contributed by atoms with E-state index in [4.69, 9.17) is 0 Å². The van der Waals surface area contributed by atoms with Gasteiger partial charge >= 0.3 is 0 Å². The zero-order valence-corrected chi connectivity index (χ0v) is 12.9. The molecule has 0 unspecified atom stereocenters. The molecule has 0 radical (unpaired) electrons. The number of carbonyl (C=O) groups is 1. The normalized spacial score (nSPS) is 10.7. The summed E-state index contributed by atoms with van der Waals surface area (Å²) >= 11 is 0. The number of nitrogens with one attached hydrogen (secondary N) is 2. The van der Waals surface area contributed by atoms with Gasteiger partial charge in [0.2, 0.25) is 5.91 Å². The Morgan fingerprint density at radius 3 is 2.50 bits per heavy atom. The van der Waals surface area contributed by atoms with Crippen LogP contribution in [0.25, 0.3) is 0 Å². The van der Waals surface area contributed by atoms with E-state index >= 15 is 0 Å². The molecule has 0 saturated heterocycles. The van der Waals surface area contributed by atoms with E-state index in [1.807, 2.05) is 24.3 Å². The number of para-hydroxylation sites is 1. The van der Waals surface area contributed by atoms with Crippen molar-refractivity contribution in [1.82, 2.24) is 5.32 Å². The van der Waals surface area contributed by atoms with Gasteiger partial charge in [0.25, 0.3) is 0 Å². The van der Waals surface area contributed by atoms with Crippen LogP contribution in [0.4, 0.5) is 10.1 Å². The summed E-state index contributed by atoms with van der Waals surface area (Å²) < 4.78 is 13.5. The number of amides is 1. The van der Waals surface area contributed by atoms with Crippen LogP contribution in [0.2, 0.25) is 0 Å². The fraction of sp³-hybridized carbons (Fsp3) is 0.278. The molecule has 0 saturated carbocycles. The first kappa shape index (κ1) is 16.2. The molecule has 3 nitrogen and oxygen atoms in total. The van der Waals surface area contributed by atoms with Crippen molar-refractivity contribution in [1.29, 1.82) is 0 Å². The van der Waals surface area contributed by atoms with Crippen molar-refractivity contribution in [2.75, 3.05) is 11.9 Å². The molecule has 4 heteroatoms. The Morgan fingerprint density at radius 1 is 1.09 bits per heavy atom. The molecule has 0 aliphatic heterocycles. The van der Waals surface area contributed by atoms with Crippen LogP contribution < -0.4 is 10.6 Å². The number of carbonyl (C=O) groups excluding carboxylic acids is 1. The summed E-state index contributed by atoms with van der Waals surface area (Å²) in [7, 11) is 0. The number of hydrogen-bond acceptors (Lipinski definition) is 2. The number of anilines is 1. The van der Waals surface area contributed by atoms with Gasteiger partial charge in [0.1, 0.15) is 5.82 Å². The van der Waals surface area contributed by atoms with E-state index < -0.39 is 0 Å². The maximum atomic E-state index is 13.5. The molecular weight excluding hydrogens is 279 g/mol. The fourth-order valence-electron chi connectivity index (χ4n) is 2.26. The van der Waals surface area contributed by atoms with Crippen LogP contribution in [0.1, 0.15) is 30.9 Å². The third-order valence-electron chi connectivity index (χ3n) is 3.42. The molecule has 2 N–H and O–H groups in total. The minimum absolute atomic E-state index is 0.135. The highest BCUT2D eigenvalue weighted by Crippen LogP contribution is 2.23. The van der Waals surface area contributed by atoms with Crippen molar-refractivity contribution < 1.29 is 9.18 Å². The van der Waals surface area contributed by atoms with Crippen molar-refractivity contribution in [3.05, 3.63) is 65.5 Å². The second-order valence-electron chi connectivity index (χ2n) is 5.49. The molecule has 0 spiro atoms. The average molecular weight is 300 g/mol. The van der Waals surface area contributed by atoms with Gasteiger partial charge in [-0.25, -0.2) is 4.39 Å². The number of halogens is 1. The number of benzene rings is 2. The molecule has 116 valence electrons. The second kappa shape index (κ2) is 7.71. The zero-order chi connectivity index (χ0) is 15.9. The van der Waals surface area contributed by atoms with Crippen molar-refractivity contribution >= 4 is 11.6 Å². The molecule has 0 atom stereocenters. The number of hydrogen-bond donors (Lipinski definition) is 2. The SMILES string of the molecule is CC(C)c1ccccc1NC(=O)CNCc1ccccc1F. The second-order valence-corrected chi connectivity index (χ2v) is 5.49. The summed E-state index contributed by atoms with van der Waals surface area (Å²) in [6, 6.07) is 14.3. The predicted octanol–water partition coefficient (Wildman–Crippen LogP) is 3.68. The van der Waals surface area contributed by atoms with Gasteiger partial charge in [-0.05, 0) is 23.6 Å². The monoisotopic (exact) mass is 300 g/mol. The minimum atomic E-state index is -0.263. The third kappa shape index (κ3) is 4.40. The summed E-state index contributed by atoms with van der Waals surface area (Å²) in [6.07, 6.45) is 0. The lowest BCUT2D eigenvalue weighted by Gasteiger charge is -2.14. The summed E-state index contributed by atoms with van der Waals surface area (Å²) in [4.78, 5) is 12.0. The fourth-order valence-corrected chi connectivity index (χ4v) is 2.26. The van der Waals surface area contributed by atoms with Gasteiger partial charge in [-0.3, -0.25) is 4.79 Å². The molecule has 1 amide bonds. The highest BCUT2D eigenvalue weighted by molar-refractivity contribution is 5.93. The zero-order valence-electron chi connectivity index (χ0n) is 12.9. The summed E-state index contributed by atoms with van der Waals surface area (Å²) in [5.74, 6) is -0.0622. The van der Waals surface area contributed by atoms with Crippen LogP contribution in [-0.4, -0.2) is 12.5 Å². The molecule has 0 aromatic heterocycles. The third-order valence-corrected chi connectivity index (χ3v) is 3.42. The smallest absolute Gasteiger partial charge is 0.238 e. The molecule has 0 bridgehead atoms. The molecule has 0 aliphatic carbocycles. The Balaban J connectivity index is 1.88. The van der Waals surface area contributed by atoms with Gasteiger partial charge in [0.05, 0.1) is 6.54 Å². The van der Waals surface area contributed by atoms with Gasteiger partial charge in [0.15, 0.2) is 0 Å². The van der Waals surface area contributed by atoms with Gasteiger partial charge < -0.3 is 10.6 Å². The summed E-state index contributed by atoms with van der Waals surface area (Å²) in [5.41, 5.74) is 2.48. The van der Waals surface area contributed by atoms with Crippen LogP contribution in [0.5, 0.6) is 0 Å². The summed E-state index contributed by atoms with van der Waals surface area (Å²) in [5, 5.41) is 5.86. The Kier molecular flexibility index (Phi) is 5.67. The Hall–Kier alpha value is -2.20. The molecule has 0 fully saturated rings. The predicted molar refractivity (Wildman–Crippen MR) is 87.3 cm³/mol. The first-order valence-corrected chi connectivity index (χ1v) is 7.41. The van der Waals surface area contributed by atoms with Crippen LogP contribution in [0, 0.1) is 5.82 Å². The quantitative estimate of drug-likeness (QED) is 0.854. The van der Waals surface area contributed by atoms with Gasteiger partial charge in [-0.1, -0.05) is 50.2 Å². The Bertz CT molecular complexity index is 640. The molecular formula is C18H21FN2O. The van der Waals surface area contributed by atoms with E-state index in [0.29, 0.717) is 18.0 Å². The van der Waals surface area contributed by atoms with E-state index in [1.165, 1.54) is 6.07 Å². The van der Waals surface area contributed by atoms with Crippen molar-refractivity contribution in [2.24, 2.45) is 0 Å². The lowest BCUT2D eigenvalue weighted by atomic mass is 10.0. The topological polar surface area (TPSA) is 41.1 Å². The van der Waals surface area contributed by atoms with E-state index in [1.54, 1.807) is 18.2 Å². The van der Waals surface area contributed by atoms with Crippen LogP contribution in [0.3, 0.4) is 0 Å². The maximum Gasteiger partial charge on any atom is 0.238 e. The van der Waals surface area contributed by atoms with Crippen molar-refractivity contribution in [2.45, 2.75) is 26.3 Å². The largest absolute Gasteiger partial charge is 0.325 e. The lowest BCUT2D eigenvalue weighted by Crippen LogP contribution is -2.28. The molecule has 0 aliphatic rings. The van der Waals surface area contributed by atoms with Crippen molar-refractivity contribution in [3.8, 4) is 0 Å². The Labute approximate surface area is 130 Å². The van der Waals surface area contributed by atoms with Crippen LogP contribution in [0.15, 0.2) is 48.5 Å². The molecule has 0 heterocycles. The molecule has 22 heavy (non-hydrogen) atoms. The van der Waals surface area contributed by atoms with E-state index in [-0.39, 0.29) is 18.3 Å². The number of rotatable bonds is 6. The van der Waals surface area contributed by atoms with E-state index in [0.717, 1.165) is 11.3 Å². The summed E-state index contributed by atoms with van der Waals surface area (Å²) in [6.45, 7) is 4.63. The van der Waals surface area contributed by atoms with E-state index in [2.05, 4.69) is 24.5 Å². The average Bonchev–Trinajstić information content (AvgIpc) is 2.49. The van der Waals surface area contributed by atoms with Gasteiger partial charge in [-0.15, -0.1) is 0 Å². The van der Waals surface area contributed by atoms with Gasteiger partial charge in [-0.2, -0.15) is 0 Å². The minimum Gasteiger partial charge on any atom is -0.325 e. The molecule has 2 aromatic carbocycles. The van der Waals surface area contributed by atoms with Gasteiger partial charge in [0, 0.05) is 17.8 Å². The molecule has 2 aromatic rings. The highest BCUT2D eigenvalue weighted by Gasteiger charge is 2.09. The standard InChI is InChI=1S/C18H21FN2O/c1-13(2)15-8-4-6-10-17(15)21-18(22)12-20-11-14-7-3-5-9-16(14)19/h3-10,13,20H,11-12H2,1-2H3,(H,21,22). The molecule has 2 rings (SSSR count). The first-order valence-electron chi connectivity index (χ1n) is 7.41. The first-order chi connectivity index (χ1) is 10.6. The van der Waals surface area contributed by atoms with Crippen molar-refractivity contribution in [3.63, 3.8) is 0 Å².